The molecule has 1 atom stereocenters. The third-order valence-electron chi connectivity index (χ3n) is 2.43. The van der Waals surface area contributed by atoms with Gasteiger partial charge < -0.3 is 4.90 Å². The summed E-state index contributed by atoms with van der Waals surface area (Å²) in [4.78, 5) is 2.51. The highest BCUT2D eigenvalue weighted by Gasteiger charge is 2.27. The topological polar surface area (TPSA) is 3.24 Å². The minimum Gasteiger partial charge on any atom is -0.302 e. The molecule has 1 saturated carbocycles. The van der Waals surface area contributed by atoms with Gasteiger partial charge in [0.25, 0.3) is 0 Å². The lowest BCUT2D eigenvalue weighted by molar-refractivity contribution is 0.325. The quantitative estimate of drug-likeness (QED) is 0.555. The first-order valence-electron chi connectivity index (χ1n) is 4.21. The number of rotatable bonds is 2. The second kappa shape index (κ2) is 2.71. The minimum atomic E-state index is 0.443. The Morgan fingerprint density at radius 2 is 2.10 bits per heavy atom. The molecule has 1 heterocycles. The molecule has 10 heavy (non-hydrogen) atoms. The van der Waals surface area contributed by atoms with Crippen molar-refractivity contribution in [2.45, 2.75) is 24.6 Å². The van der Waals surface area contributed by atoms with Gasteiger partial charge in [-0.15, -0.1) is 11.6 Å². The van der Waals surface area contributed by atoms with Crippen molar-refractivity contribution in [1.82, 2.24) is 4.90 Å². The van der Waals surface area contributed by atoms with E-state index in [1.165, 1.54) is 32.4 Å². The van der Waals surface area contributed by atoms with Gasteiger partial charge in [-0.1, -0.05) is 0 Å². The van der Waals surface area contributed by atoms with Crippen molar-refractivity contribution in [3.8, 4) is 0 Å². The second-order valence-corrected chi connectivity index (χ2v) is 4.21. The standard InChI is InChI=1S/C8H14ClN/c9-8-3-4-10(6-8)5-7-1-2-7/h7-8H,1-6H2. The van der Waals surface area contributed by atoms with E-state index in [1.807, 2.05) is 0 Å². The van der Waals surface area contributed by atoms with Gasteiger partial charge in [0.2, 0.25) is 0 Å². The van der Waals surface area contributed by atoms with Crippen LogP contribution in [0.15, 0.2) is 0 Å². The van der Waals surface area contributed by atoms with E-state index in [1.54, 1.807) is 0 Å². The Hall–Kier alpha value is 0.250. The average molecular weight is 160 g/mol. The van der Waals surface area contributed by atoms with E-state index in [0.29, 0.717) is 5.38 Å². The molecule has 0 spiro atoms. The highest BCUT2D eigenvalue weighted by molar-refractivity contribution is 6.20. The van der Waals surface area contributed by atoms with Gasteiger partial charge in [-0.3, -0.25) is 0 Å². The maximum Gasteiger partial charge on any atom is 0.0475 e. The first-order valence-corrected chi connectivity index (χ1v) is 4.64. The zero-order valence-corrected chi connectivity index (χ0v) is 6.98. The summed E-state index contributed by atoms with van der Waals surface area (Å²) in [6.45, 7) is 3.70. The van der Waals surface area contributed by atoms with Crippen LogP contribution in [-0.2, 0) is 0 Å². The van der Waals surface area contributed by atoms with Crippen LogP contribution in [0.1, 0.15) is 19.3 Å². The monoisotopic (exact) mass is 159 g/mol. The van der Waals surface area contributed by atoms with E-state index >= 15 is 0 Å². The van der Waals surface area contributed by atoms with Crippen molar-refractivity contribution in [3.63, 3.8) is 0 Å². The Morgan fingerprint density at radius 3 is 2.60 bits per heavy atom. The number of nitrogens with zero attached hydrogens (tertiary/aromatic N) is 1. The fourth-order valence-corrected chi connectivity index (χ4v) is 1.91. The molecule has 2 rings (SSSR count). The number of likely N-dealkylation sites (tertiary alicyclic amines) is 1. The smallest absolute Gasteiger partial charge is 0.0475 e. The molecule has 1 aliphatic heterocycles. The van der Waals surface area contributed by atoms with Crippen molar-refractivity contribution in [2.75, 3.05) is 19.6 Å². The Labute approximate surface area is 67.3 Å². The molecule has 2 fully saturated rings. The lowest BCUT2D eigenvalue weighted by Gasteiger charge is -2.12. The predicted molar refractivity (Wildman–Crippen MR) is 43.4 cm³/mol. The van der Waals surface area contributed by atoms with E-state index in [-0.39, 0.29) is 0 Å². The third kappa shape index (κ3) is 1.64. The molecular formula is C8H14ClN. The van der Waals surface area contributed by atoms with Gasteiger partial charge in [0.15, 0.2) is 0 Å². The van der Waals surface area contributed by atoms with Gasteiger partial charge in [0.1, 0.15) is 0 Å². The van der Waals surface area contributed by atoms with E-state index in [0.717, 1.165) is 12.5 Å². The average Bonchev–Trinajstić information content (AvgIpc) is 2.59. The zero-order valence-electron chi connectivity index (χ0n) is 6.22. The van der Waals surface area contributed by atoms with Gasteiger partial charge in [-0.05, 0) is 31.7 Å². The van der Waals surface area contributed by atoms with Crippen LogP contribution in [0.25, 0.3) is 0 Å². The molecule has 0 N–H and O–H groups in total. The Balaban J connectivity index is 1.72. The summed E-state index contributed by atoms with van der Waals surface area (Å²) in [5.41, 5.74) is 0. The first-order chi connectivity index (χ1) is 4.84. The van der Waals surface area contributed by atoms with Gasteiger partial charge in [-0.2, -0.15) is 0 Å². The van der Waals surface area contributed by atoms with E-state index in [2.05, 4.69) is 4.90 Å². The Morgan fingerprint density at radius 1 is 1.30 bits per heavy atom. The summed E-state index contributed by atoms with van der Waals surface area (Å²) in [6, 6.07) is 0. The minimum absolute atomic E-state index is 0.443. The SMILES string of the molecule is ClC1CCN(CC2CC2)C1. The lowest BCUT2D eigenvalue weighted by Crippen LogP contribution is -2.23. The van der Waals surface area contributed by atoms with Gasteiger partial charge in [-0.25, -0.2) is 0 Å². The zero-order chi connectivity index (χ0) is 6.97. The van der Waals surface area contributed by atoms with E-state index in [4.69, 9.17) is 11.6 Å². The molecule has 0 aromatic carbocycles. The molecule has 0 bridgehead atoms. The number of hydrogen-bond donors (Lipinski definition) is 0. The largest absolute Gasteiger partial charge is 0.302 e. The maximum atomic E-state index is 5.97. The van der Waals surface area contributed by atoms with Crippen molar-refractivity contribution < 1.29 is 0 Å². The van der Waals surface area contributed by atoms with E-state index in [9.17, 15) is 0 Å². The van der Waals surface area contributed by atoms with Crippen molar-refractivity contribution in [1.29, 1.82) is 0 Å². The van der Waals surface area contributed by atoms with Crippen LogP contribution >= 0.6 is 11.6 Å². The fourth-order valence-electron chi connectivity index (χ4n) is 1.62. The predicted octanol–water partition coefficient (Wildman–Crippen LogP) is 1.71. The van der Waals surface area contributed by atoms with Crippen LogP contribution < -0.4 is 0 Å². The molecule has 0 aromatic rings. The number of hydrogen-bond acceptors (Lipinski definition) is 1. The second-order valence-electron chi connectivity index (χ2n) is 3.59. The van der Waals surface area contributed by atoms with Crippen molar-refractivity contribution in [3.05, 3.63) is 0 Å². The normalized spacial score (nSPS) is 35.1. The molecule has 0 amide bonds. The van der Waals surface area contributed by atoms with Crippen molar-refractivity contribution in [2.24, 2.45) is 5.92 Å². The third-order valence-corrected chi connectivity index (χ3v) is 2.78. The molecule has 0 aromatic heterocycles. The number of halogens is 1. The van der Waals surface area contributed by atoms with Crippen LogP contribution in [0.3, 0.4) is 0 Å². The molecule has 1 aliphatic carbocycles. The molecule has 1 unspecified atom stereocenters. The lowest BCUT2D eigenvalue weighted by atomic mass is 10.4. The summed E-state index contributed by atoms with van der Waals surface area (Å²) < 4.78 is 0. The Kier molecular flexibility index (Phi) is 1.88. The van der Waals surface area contributed by atoms with Gasteiger partial charge in [0.05, 0.1) is 0 Å². The summed E-state index contributed by atoms with van der Waals surface area (Å²) in [5, 5.41) is 0.443. The Bertz CT molecular complexity index is 122. The summed E-state index contributed by atoms with van der Waals surface area (Å²) in [6.07, 6.45) is 4.13. The molecule has 58 valence electrons. The molecule has 2 heteroatoms. The number of alkyl halides is 1. The van der Waals surface area contributed by atoms with Crippen LogP contribution in [0, 0.1) is 5.92 Å². The highest BCUT2D eigenvalue weighted by atomic mass is 35.5. The van der Waals surface area contributed by atoms with Crippen molar-refractivity contribution >= 4 is 11.6 Å². The summed E-state index contributed by atoms with van der Waals surface area (Å²) >= 11 is 5.97. The first kappa shape index (κ1) is 6.93. The van der Waals surface area contributed by atoms with Crippen LogP contribution in [0.4, 0.5) is 0 Å². The molecular weight excluding hydrogens is 146 g/mol. The molecule has 0 radical (unpaired) electrons. The highest BCUT2D eigenvalue weighted by Crippen LogP contribution is 2.31. The molecule has 1 nitrogen and oxygen atoms in total. The van der Waals surface area contributed by atoms with E-state index < -0.39 is 0 Å². The molecule has 2 aliphatic rings. The maximum absolute atomic E-state index is 5.97. The summed E-state index contributed by atoms with van der Waals surface area (Å²) in [5.74, 6) is 1.03. The molecule has 1 saturated heterocycles. The summed E-state index contributed by atoms with van der Waals surface area (Å²) in [7, 11) is 0. The van der Waals surface area contributed by atoms with Crippen LogP contribution in [-0.4, -0.2) is 29.9 Å². The van der Waals surface area contributed by atoms with Gasteiger partial charge in [0, 0.05) is 18.5 Å². The van der Waals surface area contributed by atoms with Gasteiger partial charge >= 0.3 is 0 Å². The van der Waals surface area contributed by atoms with Crippen LogP contribution in [0.2, 0.25) is 0 Å². The fraction of sp³-hybridized carbons (Fsp3) is 1.00. The van der Waals surface area contributed by atoms with Crippen LogP contribution in [0.5, 0.6) is 0 Å².